The van der Waals surface area contributed by atoms with E-state index in [1.807, 2.05) is 12.1 Å². The summed E-state index contributed by atoms with van der Waals surface area (Å²) in [5.74, 6) is -0.128. The number of nitrogens with one attached hydrogen (secondary N) is 1. The molecule has 0 spiro atoms. The lowest BCUT2D eigenvalue weighted by molar-refractivity contribution is -0.120. The van der Waals surface area contributed by atoms with Crippen molar-refractivity contribution in [3.63, 3.8) is 0 Å². The van der Waals surface area contributed by atoms with E-state index < -0.39 is 10.0 Å². The summed E-state index contributed by atoms with van der Waals surface area (Å²) in [4.78, 5) is 16.5. The maximum Gasteiger partial charge on any atom is 0.244 e. The summed E-state index contributed by atoms with van der Waals surface area (Å²) in [6.07, 6.45) is 1.30. The van der Waals surface area contributed by atoms with Crippen LogP contribution in [0.1, 0.15) is 12.5 Å². The highest BCUT2D eigenvalue weighted by Gasteiger charge is 2.19. The van der Waals surface area contributed by atoms with Gasteiger partial charge in [0.25, 0.3) is 0 Å². The monoisotopic (exact) mass is 413 g/mol. The lowest BCUT2D eigenvalue weighted by Gasteiger charge is -2.13. The third-order valence-corrected chi connectivity index (χ3v) is 6.64. The molecule has 1 heterocycles. The molecule has 0 radical (unpaired) electrons. The number of hydrogen-bond acceptors (Lipinski definition) is 5. The first-order valence-corrected chi connectivity index (χ1v) is 10.5. The van der Waals surface area contributed by atoms with Gasteiger partial charge in [0.2, 0.25) is 15.9 Å². The van der Waals surface area contributed by atoms with Crippen LogP contribution in [0.25, 0.3) is 0 Å². The quantitative estimate of drug-likeness (QED) is 0.706. The van der Waals surface area contributed by atoms with E-state index in [1.165, 1.54) is 38.1 Å². The molecule has 0 aliphatic rings. The van der Waals surface area contributed by atoms with Crippen molar-refractivity contribution in [3.8, 4) is 0 Å². The van der Waals surface area contributed by atoms with E-state index in [-0.39, 0.29) is 16.1 Å². The Morgan fingerprint density at radius 1 is 1.23 bits per heavy atom. The van der Waals surface area contributed by atoms with Crippen molar-refractivity contribution in [2.24, 2.45) is 0 Å². The number of nitrogens with zero attached hydrogens (tertiary/aromatic N) is 2. The van der Waals surface area contributed by atoms with Gasteiger partial charge in [0, 0.05) is 31.9 Å². The third kappa shape index (κ3) is 5.44. The van der Waals surface area contributed by atoms with E-state index in [1.54, 1.807) is 25.1 Å². The predicted octanol–water partition coefficient (Wildman–Crippen LogP) is 2.78. The molecule has 1 aromatic carbocycles. The minimum absolute atomic E-state index is 0.117. The van der Waals surface area contributed by atoms with Crippen LogP contribution in [0.4, 0.5) is 0 Å². The molecule has 6 nitrogen and oxygen atoms in total. The summed E-state index contributed by atoms with van der Waals surface area (Å²) in [5.41, 5.74) is 0.955. The Bertz CT molecular complexity index is 854. The van der Waals surface area contributed by atoms with Crippen molar-refractivity contribution >= 4 is 39.3 Å². The average molecular weight is 414 g/mol. The topological polar surface area (TPSA) is 79.4 Å². The zero-order valence-electron chi connectivity index (χ0n) is 14.6. The number of sulfonamides is 1. The Hall–Kier alpha value is -1.61. The van der Waals surface area contributed by atoms with Crippen LogP contribution in [0.2, 0.25) is 5.02 Å². The van der Waals surface area contributed by atoms with Gasteiger partial charge in [-0.05, 0) is 36.8 Å². The number of carbonyl (C=O) groups is 1. The summed E-state index contributed by atoms with van der Waals surface area (Å²) in [5, 5.41) is 3.71. The molecule has 1 atom stereocenters. The first kappa shape index (κ1) is 20.7. The Morgan fingerprint density at radius 2 is 1.88 bits per heavy atom. The molecule has 0 bridgehead atoms. The lowest BCUT2D eigenvalue weighted by Crippen LogP contribution is -2.30. The highest BCUT2D eigenvalue weighted by atomic mass is 35.5. The molecule has 0 aliphatic heterocycles. The Morgan fingerprint density at radius 3 is 2.42 bits per heavy atom. The molecule has 1 N–H and O–H groups in total. The second-order valence-electron chi connectivity index (χ2n) is 5.72. The fourth-order valence-electron chi connectivity index (χ4n) is 1.97. The van der Waals surface area contributed by atoms with Crippen molar-refractivity contribution in [2.75, 3.05) is 14.1 Å². The van der Waals surface area contributed by atoms with Gasteiger partial charge in [-0.1, -0.05) is 35.5 Å². The van der Waals surface area contributed by atoms with Gasteiger partial charge in [0.15, 0.2) is 0 Å². The molecule has 1 aromatic heterocycles. The molecular weight excluding hydrogens is 394 g/mol. The number of rotatable bonds is 7. The standard InChI is InChI=1S/C17H20ClN3O3S2/c1-12(17(22)20-10-13-4-6-14(18)7-5-13)25-16-9-8-15(11-19-16)26(23,24)21(2)3/h4-9,11-12H,10H2,1-3H3,(H,20,22)/t12-/m0/s1. The molecule has 26 heavy (non-hydrogen) atoms. The van der Waals surface area contributed by atoms with Gasteiger partial charge in [0.05, 0.1) is 10.3 Å². The third-order valence-electron chi connectivity index (χ3n) is 3.53. The Kier molecular flexibility index (Phi) is 7.05. The summed E-state index contributed by atoms with van der Waals surface area (Å²) in [6, 6.07) is 10.3. The van der Waals surface area contributed by atoms with Crippen LogP contribution in [0.15, 0.2) is 52.5 Å². The molecule has 0 saturated heterocycles. The van der Waals surface area contributed by atoms with E-state index in [4.69, 9.17) is 11.6 Å². The number of benzene rings is 1. The number of carbonyl (C=O) groups excluding carboxylic acids is 1. The van der Waals surface area contributed by atoms with Crippen LogP contribution >= 0.6 is 23.4 Å². The van der Waals surface area contributed by atoms with E-state index in [9.17, 15) is 13.2 Å². The van der Waals surface area contributed by atoms with Gasteiger partial charge in [-0.2, -0.15) is 0 Å². The molecule has 2 rings (SSSR count). The highest BCUT2D eigenvalue weighted by Crippen LogP contribution is 2.23. The highest BCUT2D eigenvalue weighted by molar-refractivity contribution is 8.00. The van der Waals surface area contributed by atoms with Crippen LogP contribution in [0, 0.1) is 0 Å². The minimum atomic E-state index is -3.51. The molecule has 0 aliphatic carbocycles. The second-order valence-corrected chi connectivity index (χ2v) is 9.67. The van der Waals surface area contributed by atoms with E-state index >= 15 is 0 Å². The minimum Gasteiger partial charge on any atom is -0.351 e. The van der Waals surface area contributed by atoms with E-state index in [0.29, 0.717) is 16.6 Å². The zero-order valence-corrected chi connectivity index (χ0v) is 17.0. The smallest absolute Gasteiger partial charge is 0.244 e. The summed E-state index contributed by atoms with van der Waals surface area (Å²) >= 11 is 7.10. The molecular formula is C17H20ClN3O3S2. The van der Waals surface area contributed by atoms with E-state index in [2.05, 4.69) is 10.3 Å². The predicted molar refractivity (Wildman–Crippen MR) is 104 cm³/mol. The average Bonchev–Trinajstić information content (AvgIpc) is 2.61. The van der Waals surface area contributed by atoms with Gasteiger partial charge in [-0.15, -0.1) is 0 Å². The fraction of sp³-hybridized carbons (Fsp3) is 0.294. The van der Waals surface area contributed by atoms with Crippen LogP contribution in [0.3, 0.4) is 0 Å². The van der Waals surface area contributed by atoms with Gasteiger partial charge in [-0.25, -0.2) is 17.7 Å². The molecule has 1 amide bonds. The van der Waals surface area contributed by atoms with Gasteiger partial charge >= 0.3 is 0 Å². The first-order chi connectivity index (χ1) is 12.2. The van der Waals surface area contributed by atoms with Crippen molar-refractivity contribution in [2.45, 2.75) is 28.6 Å². The number of hydrogen-bond donors (Lipinski definition) is 1. The van der Waals surface area contributed by atoms with Crippen LogP contribution in [0.5, 0.6) is 0 Å². The van der Waals surface area contributed by atoms with Crippen molar-refractivity contribution in [1.29, 1.82) is 0 Å². The fourth-order valence-corrected chi connectivity index (χ4v) is 3.76. The second kappa shape index (κ2) is 8.85. The van der Waals surface area contributed by atoms with Crippen LogP contribution in [-0.2, 0) is 21.4 Å². The number of amides is 1. The summed E-state index contributed by atoms with van der Waals surface area (Å²) in [6.45, 7) is 2.18. The van der Waals surface area contributed by atoms with Gasteiger partial charge in [0.1, 0.15) is 4.90 Å². The van der Waals surface area contributed by atoms with Crippen LogP contribution < -0.4 is 5.32 Å². The van der Waals surface area contributed by atoms with Gasteiger partial charge < -0.3 is 5.32 Å². The molecule has 0 unspecified atom stereocenters. The summed E-state index contributed by atoms with van der Waals surface area (Å²) < 4.78 is 25.2. The SMILES string of the molecule is C[C@H](Sc1ccc(S(=O)(=O)N(C)C)cn1)C(=O)NCc1ccc(Cl)cc1. The molecule has 0 saturated carbocycles. The van der Waals surface area contributed by atoms with Crippen LogP contribution in [-0.4, -0.2) is 43.0 Å². The molecule has 2 aromatic rings. The molecule has 140 valence electrons. The maximum atomic E-state index is 12.2. The van der Waals surface area contributed by atoms with Gasteiger partial charge in [-0.3, -0.25) is 4.79 Å². The number of pyridine rings is 1. The van der Waals surface area contributed by atoms with E-state index in [0.717, 1.165) is 9.87 Å². The lowest BCUT2D eigenvalue weighted by atomic mass is 10.2. The Labute approximate surface area is 163 Å². The number of halogens is 1. The largest absolute Gasteiger partial charge is 0.351 e. The molecule has 9 heteroatoms. The summed E-state index contributed by atoms with van der Waals surface area (Å²) in [7, 11) is -0.581. The Balaban J connectivity index is 1.93. The van der Waals surface area contributed by atoms with Crippen molar-refractivity contribution in [1.82, 2.24) is 14.6 Å². The maximum absolute atomic E-state index is 12.2. The van der Waals surface area contributed by atoms with Crippen molar-refractivity contribution < 1.29 is 13.2 Å². The number of aromatic nitrogens is 1. The number of thioether (sulfide) groups is 1. The normalized spacial score (nSPS) is 12.8. The zero-order chi connectivity index (χ0) is 19.3. The van der Waals surface area contributed by atoms with Crippen molar-refractivity contribution in [3.05, 3.63) is 53.2 Å². The molecule has 0 fully saturated rings. The first-order valence-electron chi connectivity index (χ1n) is 7.77.